The topological polar surface area (TPSA) is 114 Å². The van der Waals surface area contributed by atoms with Crippen molar-refractivity contribution in [2.45, 2.75) is 71.3 Å². The summed E-state index contributed by atoms with van der Waals surface area (Å²) in [6.07, 6.45) is 6.63. The molecule has 2 N–H and O–H groups in total. The number of likely N-dealkylation sites (tertiary alicyclic amines) is 1. The van der Waals surface area contributed by atoms with E-state index in [0.29, 0.717) is 70.0 Å². The fourth-order valence-corrected chi connectivity index (χ4v) is 5.40. The van der Waals surface area contributed by atoms with E-state index < -0.39 is 0 Å². The van der Waals surface area contributed by atoms with E-state index in [0.717, 1.165) is 38.5 Å². The average Bonchev–Trinajstić information content (AvgIpc) is 3.17. The summed E-state index contributed by atoms with van der Waals surface area (Å²) in [4.78, 5) is 49.3. The van der Waals surface area contributed by atoms with Gasteiger partial charge in [-0.15, -0.1) is 0 Å². The lowest BCUT2D eigenvalue weighted by Crippen LogP contribution is -2.47. The van der Waals surface area contributed by atoms with Gasteiger partial charge < -0.3 is 25.0 Å². The Balaban J connectivity index is 1.13. The van der Waals surface area contributed by atoms with E-state index in [4.69, 9.17) is 9.47 Å². The number of rotatable bonds is 14. The molecule has 2 aliphatic carbocycles. The first-order valence-corrected chi connectivity index (χ1v) is 13.7. The van der Waals surface area contributed by atoms with Crippen LogP contribution in [-0.2, 0) is 28.7 Å². The van der Waals surface area contributed by atoms with Gasteiger partial charge in [-0.2, -0.15) is 0 Å². The molecule has 0 bridgehead atoms. The summed E-state index contributed by atoms with van der Waals surface area (Å²) in [6.45, 7) is 7.15. The number of Topliss-reactive ketones (excluding diaryl/α,β-unsaturated/α-hetero) is 1. The van der Waals surface area contributed by atoms with E-state index in [1.807, 2.05) is 13.8 Å². The number of ketones is 1. The van der Waals surface area contributed by atoms with Crippen molar-refractivity contribution in [2.75, 3.05) is 46.6 Å². The highest BCUT2D eigenvalue weighted by Crippen LogP contribution is 2.31. The van der Waals surface area contributed by atoms with Crippen LogP contribution >= 0.6 is 0 Å². The lowest BCUT2D eigenvalue weighted by molar-refractivity contribution is -0.131. The first-order chi connectivity index (χ1) is 17.2. The SMILES string of the molecule is CC(C)C(=O)C1CC(NC(=O)CCOCC2CCC(COCCNC(=O)[C@H]3CC(=O)N(C)C3)CC2)C1. The molecule has 3 aliphatic rings. The number of hydrogen-bond donors (Lipinski definition) is 2. The van der Waals surface area contributed by atoms with Gasteiger partial charge in [-0.1, -0.05) is 13.8 Å². The number of ether oxygens (including phenoxy) is 2. The maximum atomic E-state index is 12.1. The largest absolute Gasteiger partial charge is 0.381 e. The highest BCUT2D eigenvalue weighted by Gasteiger charge is 2.36. The molecule has 3 amide bonds. The summed E-state index contributed by atoms with van der Waals surface area (Å²) in [5.74, 6) is 1.29. The van der Waals surface area contributed by atoms with E-state index in [2.05, 4.69) is 10.6 Å². The molecule has 9 heteroatoms. The van der Waals surface area contributed by atoms with Crippen molar-refractivity contribution < 1.29 is 28.7 Å². The van der Waals surface area contributed by atoms with Crippen LogP contribution in [0.4, 0.5) is 0 Å². The Morgan fingerprint density at radius 3 is 2.14 bits per heavy atom. The van der Waals surface area contributed by atoms with Gasteiger partial charge in [0.15, 0.2) is 0 Å². The minimum atomic E-state index is -0.244. The third kappa shape index (κ3) is 8.83. The van der Waals surface area contributed by atoms with Gasteiger partial charge >= 0.3 is 0 Å². The number of hydrogen-bond acceptors (Lipinski definition) is 6. The minimum Gasteiger partial charge on any atom is -0.381 e. The molecule has 0 aromatic heterocycles. The lowest BCUT2D eigenvalue weighted by Gasteiger charge is -2.35. The van der Waals surface area contributed by atoms with Gasteiger partial charge in [0.25, 0.3) is 0 Å². The van der Waals surface area contributed by atoms with Crippen LogP contribution in [0.5, 0.6) is 0 Å². The lowest BCUT2D eigenvalue weighted by atomic mass is 9.75. The second kappa shape index (κ2) is 14.1. The van der Waals surface area contributed by atoms with Gasteiger partial charge in [-0.05, 0) is 50.4 Å². The van der Waals surface area contributed by atoms with Gasteiger partial charge in [0.1, 0.15) is 5.78 Å². The first kappa shape index (κ1) is 28.6. The summed E-state index contributed by atoms with van der Waals surface area (Å²) in [6, 6.07) is 0.138. The molecule has 0 spiro atoms. The van der Waals surface area contributed by atoms with Gasteiger partial charge in [0.2, 0.25) is 17.7 Å². The van der Waals surface area contributed by atoms with Crippen LogP contribution in [0, 0.1) is 29.6 Å². The molecule has 1 atom stereocenters. The highest BCUT2D eigenvalue weighted by molar-refractivity contribution is 5.89. The van der Waals surface area contributed by atoms with Crippen molar-refractivity contribution in [3.63, 3.8) is 0 Å². The maximum Gasteiger partial charge on any atom is 0.225 e. The molecule has 0 aromatic rings. The van der Waals surface area contributed by atoms with E-state index in [1.165, 1.54) is 0 Å². The average molecular weight is 508 g/mol. The Hall–Kier alpha value is -2.00. The van der Waals surface area contributed by atoms with Gasteiger partial charge in [-0.3, -0.25) is 19.2 Å². The molecule has 9 nitrogen and oxygen atoms in total. The molecular formula is C27H45N3O6. The monoisotopic (exact) mass is 507 g/mol. The van der Waals surface area contributed by atoms with Crippen molar-refractivity contribution in [1.29, 1.82) is 0 Å². The standard InChI is InChI=1S/C27H45N3O6/c1-18(2)26(33)21-12-23(13-21)29-24(31)8-10-35-16-19-4-6-20(7-5-19)17-36-11-9-28-27(34)22-14-25(32)30(3)15-22/h18-23H,4-17H2,1-3H3,(H,28,34)(H,29,31)/t19?,20?,21?,22-,23?/m0/s1. The molecule has 0 aromatic carbocycles. The Bertz CT molecular complexity index is 759. The number of amides is 3. The molecule has 1 heterocycles. The van der Waals surface area contributed by atoms with E-state index in [9.17, 15) is 19.2 Å². The zero-order chi connectivity index (χ0) is 26.1. The zero-order valence-corrected chi connectivity index (χ0v) is 22.3. The van der Waals surface area contributed by atoms with Crippen molar-refractivity contribution in [2.24, 2.45) is 29.6 Å². The summed E-state index contributed by atoms with van der Waals surface area (Å²) >= 11 is 0. The smallest absolute Gasteiger partial charge is 0.225 e. The van der Waals surface area contributed by atoms with Crippen LogP contribution in [0.3, 0.4) is 0 Å². The molecule has 0 unspecified atom stereocenters. The van der Waals surface area contributed by atoms with Crippen LogP contribution in [-0.4, -0.2) is 81.0 Å². The molecule has 3 fully saturated rings. The zero-order valence-electron chi connectivity index (χ0n) is 22.3. The highest BCUT2D eigenvalue weighted by atomic mass is 16.5. The van der Waals surface area contributed by atoms with E-state index in [1.54, 1.807) is 11.9 Å². The Labute approximate surface area is 215 Å². The number of carbonyl (C=O) groups is 4. The van der Waals surface area contributed by atoms with Crippen LogP contribution in [0.2, 0.25) is 0 Å². The molecule has 204 valence electrons. The van der Waals surface area contributed by atoms with Crippen molar-refractivity contribution >= 4 is 23.5 Å². The molecule has 1 aliphatic heterocycles. The second-order valence-electron chi connectivity index (χ2n) is 11.2. The van der Waals surface area contributed by atoms with Gasteiger partial charge in [0.05, 0.1) is 19.1 Å². The quantitative estimate of drug-likeness (QED) is 0.347. The normalized spacial score (nSPS) is 28.2. The van der Waals surface area contributed by atoms with Crippen LogP contribution in [0.25, 0.3) is 0 Å². The summed E-state index contributed by atoms with van der Waals surface area (Å²) in [7, 11) is 1.73. The number of nitrogens with zero attached hydrogens (tertiary/aromatic N) is 1. The fourth-order valence-electron chi connectivity index (χ4n) is 5.40. The molecule has 2 saturated carbocycles. The molecule has 1 saturated heterocycles. The maximum absolute atomic E-state index is 12.1. The summed E-state index contributed by atoms with van der Waals surface area (Å²) in [5, 5.41) is 5.89. The Morgan fingerprint density at radius 1 is 0.972 bits per heavy atom. The number of nitrogens with one attached hydrogen (secondary N) is 2. The van der Waals surface area contributed by atoms with Gasteiger partial charge in [0, 0.05) is 64.1 Å². The van der Waals surface area contributed by atoms with Gasteiger partial charge in [-0.25, -0.2) is 0 Å². The van der Waals surface area contributed by atoms with Crippen LogP contribution in [0.15, 0.2) is 0 Å². The minimum absolute atomic E-state index is 0.0107. The van der Waals surface area contributed by atoms with Crippen molar-refractivity contribution in [3.8, 4) is 0 Å². The summed E-state index contributed by atoms with van der Waals surface area (Å²) < 4.78 is 11.6. The number of carbonyl (C=O) groups excluding carboxylic acids is 4. The Kier molecular flexibility index (Phi) is 11.2. The third-order valence-corrected chi connectivity index (χ3v) is 7.88. The molecular weight excluding hydrogens is 462 g/mol. The second-order valence-corrected chi connectivity index (χ2v) is 11.2. The first-order valence-electron chi connectivity index (χ1n) is 13.7. The molecule has 3 rings (SSSR count). The van der Waals surface area contributed by atoms with Crippen LogP contribution in [0.1, 0.15) is 65.2 Å². The summed E-state index contributed by atoms with van der Waals surface area (Å²) in [5.41, 5.74) is 0. The fraction of sp³-hybridized carbons (Fsp3) is 0.852. The predicted molar refractivity (Wildman–Crippen MR) is 135 cm³/mol. The van der Waals surface area contributed by atoms with E-state index >= 15 is 0 Å². The third-order valence-electron chi connectivity index (χ3n) is 7.88. The van der Waals surface area contributed by atoms with E-state index in [-0.39, 0.29) is 41.5 Å². The Morgan fingerprint density at radius 2 is 1.58 bits per heavy atom. The molecule has 36 heavy (non-hydrogen) atoms. The van der Waals surface area contributed by atoms with Crippen molar-refractivity contribution in [3.05, 3.63) is 0 Å². The predicted octanol–water partition coefficient (Wildman–Crippen LogP) is 1.93. The van der Waals surface area contributed by atoms with Crippen molar-refractivity contribution in [1.82, 2.24) is 15.5 Å². The molecule has 0 radical (unpaired) electrons. The van der Waals surface area contributed by atoms with Crippen LogP contribution < -0.4 is 10.6 Å².